The van der Waals surface area contributed by atoms with Crippen LogP contribution in [0.1, 0.15) is 21.5 Å². The lowest BCUT2D eigenvalue weighted by Gasteiger charge is -2.11. The Kier molecular flexibility index (Phi) is 3.15. The van der Waals surface area contributed by atoms with Crippen LogP contribution < -0.4 is 4.90 Å². The SMILES string of the molecule is CN(C)c1ccc(C=C2Cc3ccccc3C2=O)cc1. The number of ketones is 1. The summed E-state index contributed by atoms with van der Waals surface area (Å²) in [5.41, 5.74) is 5.10. The summed E-state index contributed by atoms with van der Waals surface area (Å²) in [7, 11) is 4.04. The first-order chi connectivity index (χ1) is 9.65. The molecule has 100 valence electrons. The molecule has 0 aliphatic heterocycles. The lowest BCUT2D eigenvalue weighted by Crippen LogP contribution is -2.07. The maximum absolute atomic E-state index is 12.3. The third kappa shape index (κ3) is 2.25. The second-order valence-electron chi connectivity index (χ2n) is 5.32. The van der Waals surface area contributed by atoms with Gasteiger partial charge in [-0.15, -0.1) is 0 Å². The van der Waals surface area contributed by atoms with Gasteiger partial charge in [-0.3, -0.25) is 4.79 Å². The number of anilines is 1. The number of hydrogen-bond acceptors (Lipinski definition) is 2. The van der Waals surface area contributed by atoms with Crippen LogP contribution in [0.4, 0.5) is 5.69 Å². The van der Waals surface area contributed by atoms with E-state index in [-0.39, 0.29) is 5.78 Å². The minimum absolute atomic E-state index is 0.164. The van der Waals surface area contributed by atoms with Gasteiger partial charge in [0.05, 0.1) is 0 Å². The van der Waals surface area contributed by atoms with Gasteiger partial charge in [0.2, 0.25) is 0 Å². The van der Waals surface area contributed by atoms with Gasteiger partial charge in [-0.1, -0.05) is 36.4 Å². The van der Waals surface area contributed by atoms with E-state index in [1.807, 2.05) is 44.4 Å². The number of carbonyl (C=O) groups excluding carboxylic acids is 1. The van der Waals surface area contributed by atoms with E-state index in [1.165, 1.54) is 0 Å². The Morgan fingerprint density at radius 3 is 2.35 bits per heavy atom. The molecule has 0 heterocycles. The molecule has 0 N–H and O–H groups in total. The second-order valence-corrected chi connectivity index (χ2v) is 5.32. The van der Waals surface area contributed by atoms with Crippen LogP contribution in [0.25, 0.3) is 6.08 Å². The highest BCUT2D eigenvalue weighted by atomic mass is 16.1. The van der Waals surface area contributed by atoms with Crippen molar-refractivity contribution in [3.63, 3.8) is 0 Å². The average Bonchev–Trinajstić information content (AvgIpc) is 2.77. The van der Waals surface area contributed by atoms with Crippen LogP contribution in [0.15, 0.2) is 54.1 Å². The van der Waals surface area contributed by atoms with E-state index in [1.54, 1.807) is 0 Å². The second kappa shape index (κ2) is 4.97. The predicted octanol–water partition coefficient (Wildman–Crippen LogP) is 3.58. The number of allylic oxidation sites excluding steroid dienone is 1. The zero-order valence-electron chi connectivity index (χ0n) is 11.8. The fourth-order valence-corrected chi connectivity index (χ4v) is 2.54. The van der Waals surface area contributed by atoms with Gasteiger partial charge in [0.1, 0.15) is 0 Å². The number of hydrogen-bond donors (Lipinski definition) is 0. The molecule has 0 spiro atoms. The molecule has 2 aromatic carbocycles. The van der Waals surface area contributed by atoms with Gasteiger partial charge in [-0.25, -0.2) is 0 Å². The molecule has 2 nitrogen and oxygen atoms in total. The molecule has 20 heavy (non-hydrogen) atoms. The van der Waals surface area contributed by atoms with E-state index < -0.39 is 0 Å². The fraction of sp³-hybridized carbons (Fsp3) is 0.167. The maximum atomic E-state index is 12.3. The standard InChI is InChI=1S/C18H17NO/c1-19(2)16-9-7-13(8-10-16)11-15-12-14-5-3-4-6-17(14)18(15)20/h3-11H,12H2,1-2H3. The highest BCUT2D eigenvalue weighted by Gasteiger charge is 2.23. The van der Waals surface area contributed by atoms with Gasteiger partial charge >= 0.3 is 0 Å². The van der Waals surface area contributed by atoms with Crippen molar-refractivity contribution >= 4 is 17.5 Å². The van der Waals surface area contributed by atoms with Crippen molar-refractivity contribution in [1.29, 1.82) is 0 Å². The molecule has 3 rings (SSSR count). The first kappa shape index (κ1) is 12.7. The Morgan fingerprint density at radius 1 is 1.00 bits per heavy atom. The van der Waals surface area contributed by atoms with Gasteiger partial charge in [0.25, 0.3) is 0 Å². The minimum atomic E-state index is 0.164. The minimum Gasteiger partial charge on any atom is -0.378 e. The Morgan fingerprint density at radius 2 is 1.70 bits per heavy atom. The number of Topliss-reactive ketones (excluding diaryl/α,β-unsaturated/α-hetero) is 1. The monoisotopic (exact) mass is 263 g/mol. The lowest BCUT2D eigenvalue weighted by atomic mass is 10.1. The Balaban J connectivity index is 1.89. The quantitative estimate of drug-likeness (QED) is 0.772. The van der Waals surface area contributed by atoms with E-state index in [2.05, 4.69) is 29.2 Å². The van der Waals surface area contributed by atoms with E-state index >= 15 is 0 Å². The molecule has 0 amide bonds. The van der Waals surface area contributed by atoms with Crippen LogP contribution in [0.2, 0.25) is 0 Å². The van der Waals surface area contributed by atoms with Crippen molar-refractivity contribution in [1.82, 2.24) is 0 Å². The Labute approximate surface area is 119 Å². The molecule has 1 aliphatic rings. The molecule has 0 saturated heterocycles. The fourth-order valence-electron chi connectivity index (χ4n) is 2.54. The van der Waals surface area contributed by atoms with Crippen molar-refractivity contribution in [3.05, 3.63) is 70.8 Å². The third-order valence-electron chi connectivity index (χ3n) is 3.68. The van der Waals surface area contributed by atoms with Gasteiger partial charge in [0.15, 0.2) is 5.78 Å². The molecule has 2 aromatic rings. The largest absolute Gasteiger partial charge is 0.378 e. The number of fused-ring (bicyclic) bond motifs is 1. The summed E-state index contributed by atoms with van der Waals surface area (Å²) in [5, 5.41) is 0. The van der Waals surface area contributed by atoms with E-state index in [4.69, 9.17) is 0 Å². The summed E-state index contributed by atoms with van der Waals surface area (Å²) in [6, 6.07) is 16.1. The highest BCUT2D eigenvalue weighted by molar-refractivity contribution is 6.15. The van der Waals surface area contributed by atoms with Crippen molar-refractivity contribution in [2.75, 3.05) is 19.0 Å². The van der Waals surface area contributed by atoms with Crippen molar-refractivity contribution in [2.24, 2.45) is 0 Å². The van der Waals surface area contributed by atoms with Crippen molar-refractivity contribution in [2.45, 2.75) is 6.42 Å². The topological polar surface area (TPSA) is 20.3 Å². The van der Waals surface area contributed by atoms with E-state index in [0.717, 1.165) is 34.4 Å². The summed E-state index contributed by atoms with van der Waals surface area (Å²) >= 11 is 0. The van der Waals surface area contributed by atoms with Gasteiger partial charge in [-0.05, 0) is 29.3 Å². The van der Waals surface area contributed by atoms with Crippen LogP contribution in [0.3, 0.4) is 0 Å². The first-order valence-corrected chi connectivity index (χ1v) is 6.76. The summed E-state index contributed by atoms with van der Waals surface area (Å²) < 4.78 is 0. The summed E-state index contributed by atoms with van der Waals surface area (Å²) in [6.45, 7) is 0. The molecule has 0 aromatic heterocycles. The van der Waals surface area contributed by atoms with Gasteiger partial charge < -0.3 is 4.90 Å². The molecule has 0 saturated carbocycles. The molecule has 0 fully saturated rings. The molecule has 0 radical (unpaired) electrons. The number of nitrogens with zero attached hydrogens (tertiary/aromatic N) is 1. The smallest absolute Gasteiger partial charge is 0.189 e. The summed E-state index contributed by atoms with van der Waals surface area (Å²) in [5.74, 6) is 0.164. The average molecular weight is 263 g/mol. The Hall–Kier alpha value is -2.35. The maximum Gasteiger partial charge on any atom is 0.189 e. The summed E-state index contributed by atoms with van der Waals surface area (Å²) in [4.78, 5) is 14.4. The molecule has 0 atom stereocenters. The van der Waals surface area contributed by atoms with Crippen LogP contribution in [0, 0.1) is 0 Å². The van der Waals surface area contributed by atoms with Crippen molar-refractivity contribution in [3.8, 4) is 0 Å². The van der Waals surface area contributed by atoms with Crippen LogP contribution in [0.5, 0.6) is 0 Å². The Bertz CT molecular complexity index is 681. The van der Waals surface area contributed by atoms with Crippen LogP contribution in [-0.2, 0) is 6.42 Å². The first-order valence-electron chi connectivity index (χ1n) is 6.76. The lowest BCUT2D eigenvalue weighted by molar-refractivity contribution is 0.104. The third-order valence-corrected chi connectivity index (χ3v) is 3.68. The highest BCUT2D eigenvalue weighted by Crippen LogP contribution is 2.27. The summed E-state index contributed by atoms with van der Waals surface area (Å²) in [6.07, 6.45) is 2.74. The molecule has 1 aliphatic carbocycles. The van der Waals surface area contributed by atoms with Crippen LogP contribution >= 0.6 is 0 Å². The zero-order chi connectivity index (χ0) is 14.1. The number of benzene rings is 2. The van der Waals surface area contributed by atoms with Gasteiger partial charge in [0, 0.05) is 37.3 Å². The zero-order valence-corrected chi connectivity index (χ0v) is 11.8. The molecular formula is C18H17NO. The van der Waals surface area contributed by atoms with Crippen LogP contribution in [-0.4, -0.2) is 19.9 Å². The normalized spacial score (nSPS) is 15.5. The molecule has 0 bridgehead atoms. The van der Waals surface area contributed by atoms with E-state index in [9.17, 15) is 4.79 Å². The molecule has 0 unspecified atom stereocenters. The molecule has 2 heteroatoms. The van der Waals surface area contributed by atoms with Gasteiger partial charge in [-0.2, -0.15) is 0 Å². The number of carbonyl (C=O) groups is 1. The van der Waals surface area contributed by atoms with E-state index in [0.29, 0.717) is 0 Å². The number of rotatable bonds is 2. The predicted molar refractivity (Wildman–Crippen MR) is 83.2 cm³/mol. The van der Waals surface area contributed by atoms with Crippen molar-refractivity contribution < 1.29 is 4.79 Å². The molecular weight excluding hydrogens is 246 g/mol.